The summed E-state index contributed by atoms with van der Waals surface area (Å²) in [5, 5.41) is 12.6. The van der Waals surface area contributed by atoms with Crippen LogP contribution in [-0.4, -0.2) is 53.2 Å². The molecule has 1 amide bonds. The standard InChI is InChI=1S/C23H26ClN5O3S/c1-15(21(30)25-16-10-11-19(31-2)20(14-16)32-3)33-23-27-26-22(28-12-6-7-13-28)29(23)18-9-5-4-8-17(18)24/h4-5,8-11,14-15H,6-7,12-13H2,1-3H3,(H,25,30). The molecule has 1 atom stereocenters. The first-order valence-corrected chi connectivity index (χ1v) is 11.9. The Morgan fingerprint density at radius 3 is 2.52 bits per heavy atom. The second-order valence-corrected chi connectivity index (χ2v) is 9.30. The lowest BCUT2D eigenvalue weighted by Crippen LogP contribution is -2.24. The van der Waals surface area contributed by atoms with Gasteiger partial charge in [-0.25, -0.2) is 0 Å². The Labute approximate surface area is 202 Å². The minimum atomic E-state index is -0.435. The number of amides is 1. The van der Waals surface area contributed by atoms with Gasteiger partial charge in [-0.05, 0) is 44.0 Å². The summed E-state index contributed by atoms with van der Waals surface area (Å²) in [6.07, 6.45) is 2.23. The van der Waals surface area contributed by atoms with Gasteiger partial charge in [-0.2, -0.15) is 0 Å². The molecule has 10 heteroatoms. The molecule has 1 aliphatic heterocycles. The van der Waals surface area contributed by atoms with Crippen molar-refractivity contribution in [2.45, 2.75) is 30.2 Å². The van der Waals surface area contributed by atoms with E-state index in [1.54, 1.807) is 32.4 Å². The number of carbonyl (C=O) groups excluding carboxylic acids is 1. The topological polar surface area (TPSA) is 81.5 Å². The molecule has 0 radical (unpaired) electrons. The van der Waals surface area contributed by atoms with Gasteiger partial charge in [0.25, 0.3) is 0 Å². The van der Waals surface area contributed by atoms with E-state index in [1.807, 2.05) is 35.8 Å². The summed E-state index contributed by atoms with van der Waals surface area (Å²) in [5.74, 6) is 1.73. The number of halogens is 1. The summed E-state index contributed by atoms with van der Waals surface area (Å²) < 4.78 is 12.5. The Morgan fingerprint density at radius 2 is 1.82 bits per heavy atom. The SMILES string of the molecule is COc1ccc(NC(=O)C(C)Sc2nnc(N3CCCC3)n2-c2ccccc2Cl)cc1OC. The number of hydrogen-bond donors (Lipinski definition) is 1. The molecule has 0 spiro atoms. The zero-order chi connectivity index (χ0) is 23.4. The molecule has 174 valence electrons. The predicted molar refractivity (Wildman–Crippen MR) is 131 cm³/mol. The number of thioether (sulfide) groups is 1. The summed E-state index contributed by atoms with van der Waals surface area (Å²) in [4.78, 5) is 15.2. The second kappa shape index (κ2) is 10.4. The molecule has 0 saturated carbocycles. The van der Waals surface area contributed by atoms with E-state index in [9.17, 15) is 4.79 Å². The summed E-state index contributed by atoms with van der Waals surface area (Å²) in [6, 6.07) is 12.8. The Balaban J connectivity index is 1.57. The summed E-state index contributed by atoms with van der Waals surface area (Å²) in [5.41, 5.74) is 1.41. The summed E-state index contributed by atoms with van der Waals surface area (Å²) >= 11 is 7.85. The van der Waals surface area contributed by atoms with Crippen LogP contribution in [0.1, 0.15) is 19.8 Å². The van der Waals surface area contributed by atoms with E-state index in [1.165, 1.54) is 11.8 Å². The molecule has 8 nitrogen and oxygen atoms in total. The van der Waals surface area contributed by atoms with E-state index in [2.05, 4.69) is 20.4 Å². The number of ether oxygens (including phenoxy) is 2. The molecule has 1 N–H and O–H groups in total. The van der Waals surface area contributed by atoms with Crippen LogP contribution >= 0.6 is 23.4 Å². The Kier molecular flexibility index (Phi) is 7.29. The van der Waals surface area contributed by atoms with E-state index in [4.69, 9.17) is 21.1 Å². The zero-order valence-corrected chi connectivity index (χ0v) is 20.3. The molecule has 1 saturated heterocycles. The number of aromatic nitrogens is 3. The highest BCUT2D eigenvalue weighted by Gasteiger charge is 2.26. The largest absolute Gasteiger partial charge is 0.493 e. The number of nitrogens with zero attached hydrogens (tertiary/aromatic N) is 4. The van der Waals surface area contributed by atoms with Gasteiger partial charge in [0.1, 0.15) is 0 Å². The first kappa shape index (κ1) is 23.3. The van der Waals surface area contributed by atoms with Crippen LogP contribution in [0.15, 0.2) is 47.6 Å². The number of carbonyl (C=O) groups is 1. The maximum Gasteiger partial charge on any atom is 0.237 e. The summed E-state index contributed by atoms with van der Waals surface area (Å²) in [7, 11) is 3.13. The molecular formula is C23H26ClN5O3S. The van der Waals surface area contributed by atoms with Crippen LogP contribution < -0.4 is 19.7 Å². The number of benzene rings is 2. The van der Waals surface area contributed by atoms with Crippen molar-refractivity contribution < 1.29 is 14.3 Å². The molecule has 3 aromatic rings. The average molecular weight is 488 g/mol. The van der Waals surface area contributed by atoms with Gasteiger partial charge < -0.3 is 19.7 Å². The van der Waals surface area contributed by atoms with Crippen molar-refractivity contribution in [3.8, 4) is 17.2 Å². The third-order valence-corrected chi connectivity index (χ3v) is 6.76. The predicted octanol–water partition coefficient (Wildman–Crippen LogP) is 4.66. The van der Waals surface area contributed by atoms with Gasteiger partial charge in [-0.3, -0.25) is 9.36 Å². The quantitative estimate of drug-likeness (QED) is 0.463. The molecule has 2 heterocycles. The maximum absolute atomic E-state index is 13.0. The van der Waals surface area contributed by atoms with Crippen molar-refractivity contribution in [1.82, 2.24) is 14.8 Å². The minimum Gasteiger partial charge on any atom is -0.493 e. The first-order valence-electron chi connectivity index (χ1n) is 10.7. The number of nitrogens with one attached hydrogen (secondary N) is 1. The number of rotatable bonds is 8. The number of hydrogen-bond acceptors (Lipinski definition) is 7. The van der Waals surface area contributed by atoms with Gasteiger partial charge in [0.15, 0.2) is 16.7 Å². The van der Waals surface area contributed by atoms with Crippen molar-refractivity contribution in [1.29, 1.82) is 0 Å². The molecule has 1 aliphatic rings. The molecule has 1 fully saturated rings. The number of para-hydroxylation sites is 1. The van der Waals surface area contributed by atoms with Crippen LogP contribution in [0.25, 0.3) is 5.69 Å². The van der Waals surface area contributed by atoms with Crippen LogP contribution in [0.2, 0.25) is 5.02 Å². The molecule has 4 rings (SSSR count). The van der Waals surface area contributed by atoms with Gasteiger partial charge in [-0.1, -0.05) is 35.5 Å². The third-order valence-electron chi connectivity index (χ3n) is 5.40. The minimum absolute atomic E-state index is 0.163. The van der Waals surface area contributed by atoms with Gasteiger partial charge >= 0.3 is 0 Å². The number of methoxy groups -OCH3 is 2. The number of anilines is 2. The zero-order valence-electron chi connectivity index (χ0n) is 18.7. The normalized spacial score (nSPS) is 14.2. The van der Waals surface area contributed by atoms with E-state index in [0.717, 1.165) is 37.6 Å². The second-order valence-electron chi connectivity index (χ2n) is 7.58. The molecule has 1 aromatic heterocycles. The van der Waals surface area contributed by atoms with Gasteiger partial charge in [0.05, 0.1) is 30.2 Å². The summed E-state index contributed by atoms with van der Waals surface area (Å²) in [6.45, 7) is 3.67. The Morgan fingerprint density at radius 1 is 1.09 bits per heavy atom. The van der Waals surface area contributed by atoms with Gasteiger partial charge in [0, 0.05) is 24.8 Å². The fourth-order valence-electron chi connectivity index (χ4n) is 3.67. The highest BCUT2D eigenvalue weighted by molar-refractivity contribution is 8.00. The van der Waals surface area contributed by atoms with Crippen molar-refractivity contribution in [2.24, 2.45) is 0 Å². The third kappa shape index (κ3) is 5.04. The van der Waals surface area contributed by atoms with Crippen LogP contribution in [0.3, 0.4) is 0 Å². The fraction of sp³-hybridized carbons (Fsp3) is 0.348. The van der Waals surface area contributed by atoms with E-state index in [0.29, 0.717) is 27.4 Å². The van der Waals surface area contributed by atoms with E-state index < -0.39 is 5.25 Å². The van der Waals surface area contributed by atoms with Crippen LogP contribution in [0.5, 0.6) is 11.5 Å². The maximum atomic E-state index is 13.0. The van der Waals surface area contributed by atoms with Crippen molar-refractivity contribution >= 4 is 40.9 Å². The van der Waals surface area contributed by atoms with Crippen LogP contribution in [0.4, 0.5) is 11.6 Å². The van der Waals surface area contributed by atoms with Crippen molar-refractivity contribution in [3.63, 3.8) is 0 Å². The molecular weight excluding hydrogens is 462 g/mol. The lowest BCUT2D eigenvalue weighted by Gasteiger charge is -2.19. The Bertz CT molecular complexity index is 1130. The van der Waals surface area contributed by atoms with Crippen LogP contribution in [0, 0.1) is 0 Å². The lowest BCUT2D eigenvalue weighted by atomic mass is 10.2. The van der Waals surface area contributed by atoms with Gasteiger partial charge in [-0.15, -0.1) is 10.2 Å². The highest BCUT2D eigenvalue weighted by atomic mass is 35.5. The van der Waals surface area contributed by atoms with Gasteiger partial charge in [0.2, 0.25) is 11.9 Å². The fourth-order valence-corrected chi connectivity index (χ4v) is 4.75. The highest BCUT2D eigenvalue weighted by Crippen LogP contribution is 2.34. The molecule has 33 heavy (non-hydrogen) atoms. The molecule has 0 aliphatic carbocycles. The lowest BCUT2D eigenvalue weighted by molar-refractivity contribution is -0.115. The van der Waals surface area contributed by atoms with Crippen molar-refractivity contribution in [3.05, 3.63) is 47.5 Å². The smallest absolute Gasteiger partial charge is 0.237 e. The van der Waals surface area contributed by atoms with E-state index in [-0.39, 0.29) is 5.91 Å². The van der Waals surface area contributed by atoms with E-state index >= 15 is 0 Å². The van der Waals surface area contributed by atoms with Crippen molar-refractivity contribution in [2.75, 3.05) is 37.5 Å². The molecule has 0 bridgehead atoms. The molecule has 1 unspecified atom stereocenters. The molecule has 2 aromatic carbocycles. The Hall–Kier alpha value is -2.91. The first-order chi connectivity index (χ1) is 16.0. The monoisotopic (exact) mass is 487 g/mol. The average Bonchev–Trinajstić information content (AvgIpc) is 3.49. The van der Waals surface area contributed by atoms with Crippen LogP contribution in [-0.2, 0) is 4.79 Å².